The predicted molar refractivity (Wildman–Crippen MR) is 104 cm³/mol. The van der Waals surface area contributed by atoms with Crippen molar-refractivity contribution in [3.63, 3.8) is 0 Å². The third-order valence-electron chi connectivity index (χ3n) is 3.48. The zero-order valence-electron chi connectivity index (χ0n) is 15.6. The van der Waals surface area contributed by atoms with Crippen LogP contribution in [0.5, 0.6) is 0 Å². The summed E-state index contributed by atoms with van der Waals surface area (Å²) in [5, 5.41) is 25.9. The summed E-state index contributed by atoms with van der Waals surface area (Å²) < 4.78 is 4.70. The van der Waals surface area contributed by atoms with Gasteiger partial charge in [-0.15, -0.1) is 0 Å². The van der Waals surface area contributed by atoms with Crippen LogP contribution >= 0.6 is 12.6 Å². The number of nitrogens with one attached hydrogen (secondary N) is 3. The lowest BCUT2D eigenvalue weighted by atomic mass is 10.1. The van der Waals surface area contributed by atoms with E-state index in [1.54, 1.807) is 0 Å². The van der Waals surface area contributed by atoms with Crippen molar-refractivity contribution in [2.75, 3.05) is 18.9 Å². The maximum Gasteiger partial charge on any atom is 0.407 e. The monoisotopic (exact) mass is 420 g/mol. The number of thiol groups is 1. The van der Waals surface area contributed by atoms with Gasteiger partial charge in [-0.1, -0.05) is 12.7 Å². The molecule has 0 bridgehead atoms. The number of amides is 3. The second-order valence-electron chi connectivity index (χ2n) is 5.87. The van der Waals surface area contributed by atoms with Crippen molar-refractivity contribution in [2.24, 2.45) is 5.73 Å². The summed E-state index contributed by atoms with van der Waals surface area (Å²) in [6, 6.07) is -3.65. The summed E-state index contributed by atoms with van der Waals surface area (Å²) in [5.74, 6) is -2.85. The smallest absolute Gasteiger partial charge is 0.407 e. The molecule has 0 aliphatic carbocycles. The molecule has 0 aliphatic heterocycles. The molecule has 0 saturated carbocycles. The first kappa shape index (κ1) is 25.7. The molecule has 160 valence electrons. The van der Waals surface area contributed by atoms with Crippen LogP contribution in [0.3, 0.4) is 0 Å². The first-order valence-electron chi connectivity index (χ1n) is 8.53. The highest BCUT2D eigenvalue weighted by Crippen LogP contribution is 2.01. The van der Waals surface area contributed by atoms with Crippen molar-refractivity contribution in [2.45, 2.75) is 44.0 Å². The van der Waals surface area contributed by atoms with Gasteiger partial charge in [0.15, 0.2) is 0 Å². The van der Waals surface area contributed by atoms with E-state index in [2.05, 4.69) is 35.2 Å². The fourth-order valence-electron chi connectivity index (χ4n) is 1.95. The van der Waals surface area contributed by atoms with Gasteiger partial charge in [0, 0.05) is 12.3 Å². The minimum atomic E-state index is -1.38. The summed E-state index contributed by atoms with van der Waals surface area (Å²) in [6.07, 6.45) is -0.327. The fraction of sp³-hybridized carbons (Fsp3) is 0.625. The molecule has 0 aromatic heterocycles. The fourth-order valence-corrected chi connectivity index (χ4v) is 2.12. The molecule has 0 aliphatic rings. The Kier molecular flexibility index (Phi) is 12.7. The van der Waals surface area contributed by atoms with Crippen LogP contribution in [0.4, 0.5) is 4.79 Å². The summed E-state index contributed by atoms with van der Waals surface area (Å²) in [5.41, 5.74) is 5.50. The van der Waals surface area contributed by atoms with Crippen LogP contribution in [0.25, 0.3) is 0 Å². The molecular formula is C16H28N4O7S. The molecule has 3 amide bonds. The summed E-state index contributed by atoms with van der Waals surface area (Å²) in [7, 11) is 0. The molecule has 11 nitrogen and oxygen atoms in total. The molecule has 0 saturated heterocycles. The number of carboxylic acid groups (broad SMARTS) is 1. The third-order valence-corrected chi connectivity index (χ3v) is 3.88. The van der Waals surface area contributed by atoms with Crippen molar-refractivity contribution in [3.05, 3.63) is 12.7 Å². The number of aliphatic hydroxyl groups excluding tert-OH is 1. The van der Waals surface area contributed by atoms with Gasteiger partial charge in [0.1, 0.15) is 18.7 Å². The van der Waals surface area contributed by atoms with E-state index >= 15 is 0 Å². The van der Waals surface area contributed by atoms with Crippen LogP contribution in [-0.2, 0) is 19.1 Å². The summed E-state index contributed by atoms with van der Waals surface area (Å²) in [6.45, 7) is 4.83. The third kappa shape index (κ3) is 10.1. The zero-order valence-corrected chi connectivity index (χ0v) is 16.5. The van der Waals surface area contributed by atoms with Crippen molar-refractivity contribution in [1.82, 2.24) is 16.0 Å². The first-order valence-corrected chi connectivity index (χ1v) is 9.16. The van der Waals surface area contributed by atoms with E-state index in [4.69, 9.17) is 10.5 Å². The Morgan fingerprint density at radius 2 is 1.89 bits per heavy atom. The second kappa shape index (κ2) is 13.8. The van der Waals surface area contributed by atoms with Gasteiger partial charge < -0.3 is 36.6 Å². The van der Waals surface area contributed by atoms with E-state index in [9.17, 15) is 29.4 Å². The minimum absolute atomic E-state index is 0.000554. The van der Waals surface area contributed by atoms with Crippen molar-refractivity contribution < 1.29 is 34.1 Å². The Hall–Kier alpha value is -2.31. The molecule has 0 aromatic carbocycles. The Morgan fingerprint density at radius 1 is 1.25 bits per heavy atom. The predicted octanol–water partition coefficient (Wildman–Crippen LogP) is -1.63. The van der Waals surface area contributed by atoms with Gasteiger partial charge in [0.25, 0.3) is 0 Å². The quantitative estimate of drug-likeness (QED) is 0.105. The van der Waals surface area contributed by atoms with Crippen LogP contribution in [-0.4, -0.2) is 77.2 Å². The van der Waals surface area contributed by atoms with Crippen LogP contribution in [0.2, 0.25) is 0 Å². The first-order chi connectivity index (χ1) is 13.1. The molecule has 4 atom stereocenters. The van der Waals surface area contributed by atoms with E-state index in [0.717, 1.165) is 0 Å². The van der Waals surface area contributed by atoms with Gasteiger partial charge in [0.05, 0.1) is 12.1 Å². The lowest BCUT2D eigenvalue weighted by Gasteiger charge is -2.24. The van der Waals surface area contributed by atoms with Crippen LogP contribution in [0.1, 0.15) is 19.8 Å². The molecule has 0 unspecified atom stereocenters. The van der Waals surface area contributed by atoms with Crippen LogP contribution in [0, 0.1) is 0 Å². The largest absolute Gasteiger partial charge is 0.480 e. The van der Waals surface area contributed by atoms with Gasteiger partial charge in [-0.3, -0.25) is 9.59 Å². The molecule has 0 spiro atoms. The van der Waals surface area contributed by atoms with E-state index in [0.29, 0.717) is 0 Å². The number of nitrogens with two attached hydrogens (primary N) is 1. The van der Waals surface area contributed by atoms with Crippen molar-refractivity contribution in [1.29, 1.82) is 0 Å². The zero-order chi connectivity index (χ0) is 21.7. The lowest BCUT2D eigenvalue weighted by Crippen LogP contribution is -2.58. The summed E-state index contributed by atoms with van der Waals surface area (Å²) in [4.78, 5) is 46.7. The molecule has 0 radical (unpaired) electrons. The summed E-state index contributed by atoms with van der Waals surface area (Å²) >= 11 is 3.87. The second-order valence-corrected chi connectivity index (χ2v) is 6.24. The standard InChI is InChI=1S/C16H28N4O7S/c1-3-7-27-16(26)18-6-4-5-11(15(24)25)19-14(23)12(9(2)21)20-13(22)10(17)8-28/h3,9-12,21,28H,1,4-8,17H2,2H3,(H,18,26)(H,19,23)(H,20,22)(H,24,25)/t9-,10+,11+,12+/m1/s1. The molecule has 12 heteroatoms. The minimum Gasteiger partial charge on any atom is -0.480 e. The van der Waals surface area contributed by atoms with Gasteiger partial charge in [0.2, 0.25) is 11.8 Å². The number of hydrogen-bond acceptors (Lipinski definition) is 8. The SMILES string of the molecule is C=CCOC(=O)NCCC[C@H](NC(=O)[C@@H](NC(=O)[C@@H](N)CS)[C@@H](C)O)C(=O)O. The van der Waals surface area contributed by atoms with E-state index in [-0.39, 0.29) is 31.7 Å². The normalized spacial score (nSPS) is 14.7. The molecule has 7 N–H and O–H groups in total. The number of carbonyl (C=O) groups excluding carboxylic acids is 3. The van der Waals surface area contributed by atoms with Gasteiger partial charge in [-0.05, 0) is 19.8 Å². The topological polar surface area (TPSA) is 180 Å². The average molecular weight is 420 g/mol. The van der Waals surface area contributed by atoms with Gasteiger partial charge in [-0.25, -0.2) is 9.59 Å². The number of carbonyl (C=O) groups is 4. The number of ether oxygens (including phenoxy) is 1. The van der Waals surface area contributed by atoms with Gasteiger partial charge in [-0.2, -0.15) is 12.6 Å². The molecule has 0 fully saturated rings. The van der Waals surface area contributed by atoms with Crippen molar-refractivity contribution in [3.8, 4) is 0 Å². The molecule has 0 rings (SSSR count). The van der Waals surface area contributed by atoms with E-state index < -0.39 is 48.1 Å². The highest BCUT2D eigenvalue weighted by Gasteiger charge is 2.30. The highest BCUT2D eigenvalue weighted by molar-refractivity contribution is 7.80. The van der Waals surface area contributed by atoms with E-state index in [1.807, 2.05) is 0 Å². The Labute approximate surface area is 168 Å². The Morgan fingerprint density at radius 3 is 2.39 bits per heavy atom. The lowest BCUT2D eigenvalue weighted by molar-refractivity contribution is -0.143. The number of aliphatic carboxylic acids is 1. The van der Waals surface area contributed by atoms with E-state index in [1.165, 1.54) is 13.0 Å². The number of carboxylic acids is 1. The number of aliphatic hydroxyl groups is 1. The molecule has 28 heavy (non-hydrogen) atoms. The molecular weight excluding hydrogens is 392 g/mol. The Bertz CT molecular complexity index is 559. The van der Waals surface area contributed by atoms with Crippen LogP contribution in [0.15, 0.2) is 12.7 Å². The maximum atomic E-state index is 12.3. The van der Waals surface area contributed by atoms with Gasteiger partial charge >= 0.3 is 12.1 Å². The van der Waals surface area contributed by atoms with Crippen LogP contribution < -0.4 is 21.7 Å². The Balaban J connectivity index is 4.67. The average Bonchev–Trinajstić information content (AvgIpc) is 2.64. The maximum absolute atomic E-state index is 12.3. The molecule has 0 aromatic rings. The highest BCUT2D eigenvalue weighted by atomic mass is 32.1. The number of alkyl carbamates (subject to hydrolysis) is 1. The van der Waals surface area contributed by atoms with Crippen molar-refractivity contribution >= 4 is 36.5 Å². The number of rotatable bonds is 13. The molecule has 0 heterocycles. The number of hydrogen-bond donors (Lipinski definition) is 7.